The number of hydrogen-bond acceptors (Lipinski definition) is 1. The zero-order valence-corrected chi connectivity index (χ0v) is 12.1. The molecule has 3 heteroatoms. The molecule has 0 aliphatic rings. The molecule has 0 amide bonds. The molecule has 0 bridgehead atoms. The van der Waals surface area contributed by atoms with Crippen molar-refractivity contribution in [2.75, 3.05) is 11.9 Å². The summed E-state index contributed by atoms with van der Waals surface area (Å²) in [6.45, 7) is 4.12. The number of rotatable bonds is 3. The van der Waals surface area contributed by atoms with Crippen molar-refractivity contribution in [3.8, 4) is 0 Å². The Hall–Kier alpha value is -1.54. The predicted octanol–water partition coefficient (Wildman–Crippen LogP) is 4.95. The van der Waals surface area contributed by atoms with E-state index in [-0.39, 0.29) is 5.82 Å². The third-order valence-corrected chi connectivity index (χ3v) is 3.51. The fourth-order valence-corrected chi connectivity index (χ4v) is 2.38. The lowest BCUT2D eigenvalue weighted by Crippen LogP contribution is -2.11. The Morgan fingerprint density at radius 2 is 1.84 bits per heavy atom. The van der Waals surface area contributed by atoms with Crippen molar-refractivity contribution in [2.24, 2.45) is 0 Å². The molecule has 19 heavy (non-hydrogen) atoms. The summed E-state index contributed by atoms with van der Waals surface area (Å²) in [5.41, 5.74) is 5.04. The fourth-order valence-electron chi connectivity index (χ4n) is 2.22. The Labute approximate surface area is 118 Å². The predicted molar refractivity (Wildman–Crippen MR) is 79.9 cm³/mol. The summed E-state index contributed by atoms with van der Waals surface area (Å²) in [6.07, 6.45) is 0. The van der Waals surface area contributed by atoms with Crippen LogP contribution in [0.4, 0.5) is 15.8 Å². The third kappa shape index (κ3) is 3.07. The standard InChI is InChI=1S/C16H17ClFN/c1-11-4-5-16(12(2)6-11)19(3)15-8-13(10-17)7-14(18)9-15/h4-9H,10H2,1-3H3. The highest BCUT2D eigenvalue weighted by Gasteiger charge is 2.09. The lowest BCUT2D eigenvalue weighted by Gasteiger charge is -2.22. The van der Waals surface area contributed by atoms with Gasteiger partial charge >= 0.3 is 0 Å². The number of alkyl halides is 1. The van der Waals surface area contributed by atoms with Gasteiger partial charge in [0.05, 0.1) is 0 Å². The topological polar surface area (TPSA) is 3.24 Å². The molecular weight excluding hydrogens is 261 g/mol. The molecule has 2 aromatic carbocycles. The maximum absolute atomic E-state index is 13.6. The maximum atomic E-state index is 13.6. The van der Waals surface area contributed by atoms with Crippen molar-refractivity contribution in [3.63, 3.8) is 0 Å². The van der Waals surface area contributed by atoms with Crippen molar-refractivity contribution in [3.05, 3.63) is 58.9 Å². The Morgan fingerprint density at radius 3 is 2.47 bits per heavy atom. The van der Waals surface area contributed by atoms with Gasteiger partial charge in [-0.3, -0.25) is 0 Å². The van der Waals surface area contributed by atoms with Crippen LogP contribution in [0.3, 0.4) is 0 Å². The monoisotopic (exact) mass is 277 g/mol. The third-order valence-electron chi connectivity index (χ3n) is 3.20. The van der Waals surface area contributed by atoms with Crippen LogP contribution in [0.25, 0.3) is 0 Å². The minimum Gasteiger partial charge on any atom is -0.344 e. The van der Waals surface area contributed by atoms with Gasteiger partial charge in [-0.15, -0.1) is 11.6 Å². The lowest BCUT2D eigenvalue weighted by atomic mass is 10.1. The molecule has 0 atom stereocenters. The van der Waals surface area contributed by atoms with Crippen molar-refractivity contribution >= 4 is 23.0 Å². The van der Waals surface area contributed by atoms with Crippen LogP contribution in [-0.4, -0.2) is 7.05 Å². The van der Waals surface area contributed by atoms with Gasteiger partial charge in [-0.2, -0.15) is 0 Å². The van der Waals surface area contributed by atoms with Gasteiger partial charge in [0.2, 0.25) is 0 Å². The molecule has 0 aliphatic heterocycles. The van der Waals surface area contributed by atoms with E-state index in [4.69, 9.17) is 11.6 Å². The Kier molecular flexibility index (Phi) is 4.11. The number of hydrogen-bond donors (Lipinski definition) is 0. The highest BCUT2D eigenvalue weighted by molar-refractivity contribution is 6.17. The summed E-state index contributed by atoms with van der Waals surface area (Å²) < 4.78 is 13.6. The van der Waals surface area contributed by atoms with Crippen LogP contribution in [0.5, 0.6) is 0 Å². The minimum atomic E-state index is -0.259. The highest BCUT2D eigenvalue weighted by atomic mass is 35.5. The molecule has 1 nitrogen and oxygen atoms in total. The molecule has 0 fully saturated rings. The van der Waals surface area contributed by atoms with Gasteiger partial charge in [0.15, 0.2) is 0 Å². The molecular formula is C16H17ClFN. The Morgan fingerprint density at radius 1 is 1.11 bits per heavy atom. The lowest BCUT2D eigenvalue weighted by molar-refractivity contribution is 0.626. The largest absolute Gasteiger partial charge is 0.344 e. The molecule has 0 aliphatic carbocycles. The van der Waals surface area contributed by atoms with E-state index in [1.807, 2.05) is 18.0 Å². The summed E-state index contributed by atoms with van der Waals surface area (Å²) in [5, 5.41) is 0. The molecule has 2 aromatic rings. The molecule has 100 valence electrons. The summed E-state index contributed by atoms with van der Waals surface area (Å²) in [6, 6.07) is 11.1. The van der Waals surface area contributed by atoms with Crippen LogP contribution in [0.15, 0.2) is 36.4 Å². The zero-order chi connectivity index (χ0) is 14.0. The van der Waals surface area contributed by atoms with E-state index in [1.54, 1.807) is 0 Å². The first kappa shape index (κ1) is 13.9. The van der Waals surface area contributed by atoms with Crippen LogP contribution in [0.2, 0.25) is 0 Å². The van der Waals surface area contributed by atoms with Crippen LogP contribution >= 0.6 is 11.6 Å². The number of benzene rings is 2. The average molecular weight is 278 g/mol. The molecule has 0 N–H and O–H groups in total. The van der Waals surface area contributed by atoms with Gasteiger partial charge in [0, 0.05) is 24.3 Å². The Bertz CT molecular complexity index is 595. The number of nitrogens with zero attached hydrogens (tertiary/aromatic N) is 1. The smallest absolute Gasteiger partial charge is 0.125 e. The van der Waals surface area contributed by atoms with Gasteiger partial charge in [-0.1, -0.05) is 17.7 Å². The first-order valence-electron chi connectivity index (χ1n) is 6.17. The first-order chi connectivity index (χ1) is 9.01. The maximum Gasteiger partial charge on any atom is 0.125 e. The number of aryl methyl sites for hydroxylation is 2. The van der Waals surface area contributed by atoms with Gasteiger partial charge in [0.25, 0.3) is 0 Å². The second-order valence-electron chi connectivity index (χ2n) is 4.80. The molecule has 0 spiro atoms. The SMILES string of the molecule is Cc1ccc(N(C)c2cc(F)cc(CCl)c2)c(C)c1. The molecule has 0 radical (unpaired) electrons. The first-order valence-corrected chi connectivity index (χ1v) is 6.71. The van der Waals surface area contributed by atoms with Crippen molar-refractivity contribution in [1.29, 1.82) is 0 Å². The van der Waals surface area contributed by atoms with E-state index in [1.165, 1.54) is 23.3 Å². The number of halogens is 2. The normalized spacial score (nSPS) is 10.6. The molecule has 0 saturated carbocycles. The van der Waals surface area contributed by atoms with E-state index in [2.05, 4.69) is 32.0 Å². The van der Waals surface area contributed by atoms with Crippen LogP contribution in [0.1, 0.15) is 16.7 Å². The molecule has 0 unspecified atom stereocenters. The van der Waals surface area contributed by atoms with Crippen molar-refractivity contribution in [2.45, 2.75) is 19.7 Å². The van der Waals surface area contributed by atoms with Crippen molar-refractivity contribution < 1.29 is 4.39 Å². The van der Waals surface area contributed by atoms with Gasteiger partial charge in [-0.05, 0) is 49.2 Å². The zero-order valence-electron chi connectivity index (χ0n) is 11.4. The molecule has 0 saturated heterocycles. The summed E-state index contributed by atoms with van der Waals surface area (Å²) in [5.74, 6) is 0.0515. The van der Waals surface area contributed by atoms with Crippen LogP contribution in [-0.2, 0) is 5.88 Å². The second kappa shape index (κ2) is 5.62. The molecule has 0 heterocycles. The summed E-state index contributed by atoms with van der Waals surface area (Å²) >= 11 is 5.79. The van der Waals surface area contributed by atoms with Crippen molar-refractivity contribution in [1.82, 2.24) is 0 Å². The number of anilines is 2. The van der Waals surface area contributed by atoms with Crippen LogP contribution < -0.4 is 4.90 Å². The highest BCUT2D eigenvalue weighted by Crippen LogP contribution is 2.29. The fraction of sp³-hybridized carbons (Fsp3) is 0.250. The van der Waals surface area contributed by atoms with E-state index < -0.39 is 0 Å². The van der Waals surface area contributed by atoms with E-state index in [0.717, 1.165) is 16.9 Å². The van der Waals surface area contributed by atoms with E-state index >= 15 is 0 Å². The Balaban J connectivity index is 2.43. The van der Waals surface area contributed by atoms with Gasteiger partial charge in [-0.25, -0.2) is 4.39 Å². The van der Waals surface area contributed by atoms with Gasteiger partial charge in [0.1, 0.15) is 5.82 Å². The second-order valence-corrected chi connectivity index (χ2v) is 5.07. The van der Waals surface area contributed by atoms with E-state index in [9.17, 15) is 4.39 Å². The van der Waals surface area contributed by atoms with Gasteiger partial charge < -0.3 is 4.90 Å². The quantitative estimate of drug-likeness (QED) is 0.718. The summed E-state index contributed by atoms with van der Waals surface area (Å²) in [7, 11) is 1.93. The summed E-state index contributed by atoms with van der Waals surface area (Å²) in [4.78, 5) is 1.98. The molecule has 2 rings (SSSR count). The average Bonchev–Trinajstić information content (AvgIpc) is 2.37. The van der Waals surface area contributed by atoms with E-state index in [0.29, 0.717) is 5.88 Å². The minimum absolute atomic E-state index is 0.259. The van der Waals surface area contributed by atoms with Crippen LogP contribution in [0, 0.1) is 19.7 Å². The molecule has 0 aromatic heterocycles.